The molecule has 0 aromatic carbocycles. The molecule has 1 unspecified atom stereocenters. The van der Waals surface area contributed by atoms with Gasteiger partial charge in [-0.2, -0.15) is 4.31 Å². The summed E-state index contributed by atoms with van der Waals surface area (Å²) in [6.45, 7) is 7.55. The van der Waals surface area contributed by atoms with Crippen LogP contribution in [0.15, 0.2) is 23.2 Å². The predicted octanol–water partition coefficient (Wildman–Crippen LogP) is 1.72. The molecular formula is C13H21N3O2S. The summed E-state index contributed by atoms with van der Waals surface area (Å²) in [4.78, 5) is 3.97. The molecule has 0 amide bonds. The van der Waals surface area contributed by atoms with Gasteiger partial charge >= 0.3 is 0 Å². The molecule has 1 aromatic rings. The van der Waals surface area contributed by atoms with E-state index in [0.29, 0.717) is 19.0 Å². The van der Waals surface area contributed by atoms with E-state index in [0.717, 1.165) is 6.42 Å². The van der Waals surface area contributed by atoms with Gasteiger partial charge in [0.15, 0.2) is 0 Å². The molecule has 0 spiro atoms. The Labute approximate surface area is 114 Å². The fraction of sp³-hybridized carbons (Fsp3) is 0.615. The fourth-order valence-corrected chi connectivity index (χ4v) is 3.98. The fourth-order valence-electron chi connectivity index (χ4n) is 2.41. The maximum Gasteiger partial charge on any atom is 0.246 e. The van der Waals surface area contributed by atoms with E-state index in [4.69, 9.17) is 5.73 Å². The van der Waals surface area contributed by atoms with Gasteiger partial charge in [-0.1, -0.05) is 20.8 Å². The molecule has 1 aliphatic rings. The quantitative estimate of drug-likeness (QED) is 0.896. The summed E-state index contributed by atoms with van der Waals surface area (Å²) in [5.41, 5.74) is 5.79. The molecule has 2 rings (SSSR count). The van der Waals surface area contributed by atoms with Crippen molar-refractivity contribution >= 4 is 15.8 Å². The molecule has 1 aromatic heterocycles. The van der Waals surface area contributed by atoms with Gasteiger partial charge in [0.2, 0.25) is 10.0 Å². The zero-order chi connectivity index (χ0) is 14.3. The Hall–Kier alpha value is -1.14. The molecule has 0 radical (unpaired) electrons. The van der Waals surface area contributed by atoms with Crippen LogP contribution >= 0.6 is 0 Å². The van der Waals surface area contributed by atoms with Crippen LogP contribution in [-0.2, 0) is 10.0 Å². The molecule has 1 fully saturated rings. The van der Waals surface area contributed by atoms with Crippen LogP contribution in [0.1, 0.15) is 27.2 Å². The Morgan fingerprint density at radius 1 is 1.42 bits per heavy atom. The topological polar surface area (TPSA) is 76.3 Å². The van der Waals surface area contributed by atoms with E-state index in [1.807, 2.05) is 0 Å². The molecule has 19 heavy (non-hydrogen) atoms. The minimum Gasteiger partial charge on any atom is -0.383 e. The molecule has 2 heterocycles. The van der Waals surface area contributed by atoms with E-state index in [-0.39, 0.29) is 16.1 Å². The molecule has 1 atom stereocenters. The smallest absolute Gasteiger partial charge is 0.246 e. The Kier molecular flexibility index (Phi) is 3.57. The third kappa shape index (κ3) is 2.74. The van der Waals surface area contributed by atoms with Crippen molar-refractivity contribution in [1.82, 2.24) is 9.29 Å². The number of hydrogen-bond acceptors (Lipinski definition) is 4. The van der Waals surface area contributed by atoms with Crippen molar-refractivity contribution in [3.05, 3.63) is 18.3 Å². The number of hydrogen-bond donors (Lipinski definition) is 1. The first kappa shape index (κ1) is 14.3. The second-order valence-corrected chi connectivity index (χ2v) is 8.01. The number of anilines is 1. The summed E-state index contributed by atoms with van der Waals surface area (Å²) in [6, 6.07) is 3.11. The first-order valence-corrected chi connectivity index (χ1v) is 7.87. The van der Waals surface area contributed by atoms with Crippen LogP contribution in [0.3, 0.4) is 0 Å². The number of sulfonamides is 1. The Bertz CT molecular complexity index is 563. The molecule has 0 bridgehead atoms. The highest BCUT2D eigenvalue weighted by atomic mass is 32.2. The van der Waals surface area contributed by atoms with Crippen molar-refractivity contribution in [2.45, 2.75) is 32.1 Å². The van der Waals surface area contributed by atoms with E-state index in [9.17, 15) is 8.42 Å². The van der Waals surface area contributed by atoms with Crippen LogP contribution < -0.4 is 5.73 Å². The van der Waals surface area contributed by atoms with Crippen LogP contribution in [0.4, 0.5) is 5.82 Å². The number of nitrogen functional groups attached to an aromatic ring is 1. The summed E-state index contributed by atoms with van der Waals surface area (Å²) in [6.07, 6.45) is 2.39. The van der Waals surface area contributed by atoms with Gasteiger partial charge in [0.25, 0.3) is 0 Å². The van der Waals surface area contributed by atoms with Crippen LogP contribution in [0.2, 0.25) is 0 Å². The van der Waals surface area contributed by atoms with Crippen LogP contribution in [0.5, 0.6) is 0 Å². The van der Waals surface area contributed by atoms with E-state index in [1.54, 1.807) is 6.07 Å². The summed E-state index contributed by atoms with van der Waals surface area (Å²) < 4.78 is 26.6. The lowest BCUT2D eigenvalue weighted by molar-refractivity contribution is 0.252. The normalized spacial score (nSPS) is 21.7. The number of rotatable bonds is 2. The number of aromatic nitrogens is 1. The van der Waals surface area contributed by atoms with Crippen molar-refractivity contribution in [2.24, 2.45) is 11.3 Å². The molecule has 0 aliphatic carbocycles. The van der Waals surface area contributed by atoms with Gasteiger partial charge in [0, 0.05) is 19.3 Å². The van der Waals surface area contributed by atoms with Crippen LogP contribution in [-0.4, -0.2) is 30.8 Å². The summed E-state index contributed by atoms with van der Waals surface area (Å²) in [5, 5.41) is 0. The minimum atomic E-state index is -3.52. The first-order chi connectivity index (χ1) is 8.73. The lowest BCUT2D eigenvalue weighted by atomic mass is 9.80. The van der Waals surface area contributed by atoms with E-state index >= 15 is 0 Å². The first-order valence-electron chi connectivity index (χ1n) is 6.43. The van der Waals surface area contributed by atoms with Gasteiger partial charge < -0.3 is 5.73 Å². The molecule has 6 heteroatoms. The molecule has 106 valence electrons. The highest BCUT2D eigenvalue weighted by molar-refractivity contribution is 7.89. The zero-order valence-electron chi connectivity index (χ0n) is 11.6. The average molecular weight is 283 g/mol. The number of pyridine rings is 1. The highest BCUT2D eigenvalue weighted by Gasteiger charge is 2.38. The molecule has 0 saturated carbocycles. The third-order valence-corrected chi connectivity index (χ3v) is 5.71. The maximum absolute atomic E-state index is 12.5. The lowest BCUT2D eigenvalue weighted by Gasteiger charge is -2.26. The third-order valence-electron chi connectivity index (χ3n) is 3.79. The van der Waals surface area contributed by atoms with E-state index in [2.05, 4.69) is 25.8 Å². The van der Waals surface area contributed by atoms with Gasteiger partial charge in [0.05, 0.1) is 0 Å². The van der Waals surface area contributed by atoms with Crippen molar-refractivity contribution in [1.29, 1.82) is 0 Å². The highest BCUT2D eigenvalue weighted by Crippen LogP contribution is 2.36. The Balaban J connectivity index is 2.26. The Morgan fingerprint density at radius 2 is 2.11 bits per heavy atom. The monoisotopic (exact) mass is 283 g/mol. The maximum atomic E-state index is 12.5. The molecule has 2 N–H and O–H groups in total. The van der Waals surface area contributed by atoms with Gasteiger partial charge in [-0.05, 0) is 29.9 Å². The standard InChI is InChI=1S/C13H21N3O2S/c1-13(2,3)10-6-8-16(9-10)19(17,18)11-5-4-7-15-12(11)14/h4-5,7,10H,6,8-9H2,1-3H3,(H2,14,15). The van der Waals surface area contributed by atoms with Gasteiger partial charge in [0.1, 0.15) is 10.7 Å². The SMILES string of the molecule is CC(C)(C)C1CCN(S(=O)(=O)c2cccnc2N)C1. The van der Waals surface area contributed by atoms with Crippen molar-refractivity contribution in [3.8, 4) is 0 Å². The minimum absolute atomic E-state index is 0.0710. The van der Waals surface area contributed by atoms with Crippen LogP contribution in [0.25, 0.3) is 0 Å². The molecule has 1 saturated heterocycles. The van der Waals surface area contributed by atoms with E-state index < -0.39 is 10.0 Å². The summed E-state index contributed by atoms with van der Waals surface area (Å²) in [7, 11) is -3.52. The van der Waals surface area contributed by atoms with Gasteiger partial charge in [-0.15, -0.1) is 0 Å². The van der Waals surface area contributed by atoms with Crippen molar-refractivity contribution in [3.63, 3.8) is 0 Å². The number of nitrogens with two attached hydrogens (primary N) is 1. The summed E-state index contributed by atoms with van der Waals surface area (Å²) in [5.74, 6) is 0.446. The lowest BCUT2D eigenvalue weighted by Crippen LogP contribution is -2.31. The molecule has 5 nitrogen and oxygen atoms in total. The molecule has 1 aliphatic heterocycles. The van der Waals surface area contributed by atoms with Gasteiger partial charge in [-0.3, -0.25) is 0 Å². The Morgan fingerprint density at radius 3 is 2.63 bits per heavy atom. The zero-order valence-corrected chi connectivity index (χ0v) is 12.4. The van der Waals surface area contributed by atoms with Crippen LogP contribution in [0, 0.1) is 11.3 Å². The molecular weight excluding hydrogens is 262 g/mol. The second-order valence-electron chi connectivity index (χ2n) is 6.10. The summed E-state index contributed by atoms with van der Waals surface area (Å²) >= 11 is 0. The second kappa shape index (κ2) is 4.76. The largest absolute Gasteiger partial charge is 0.383 e. The van der Waals surface area contributed by atoms with Crippen molar-refractivity contribution in [2.75, 3.05) is 18.8 Å². The van der Waals surface area contributed by atoms with E-state index in [1.165, 1.54) is 16.6 Å². The number of nitrogens with zero attached hydrogens (tertiary/aromatic N) is 2. The van der Waals surface area contributed by atoms with Gasteiger partial charge in [-0.25, -0.2) is 13.4 Å². The predicted molar refractivity (Wildman–Crippen MR) is 75.0 cm³/mol. The van der Waals surface area contributed by atoms with Crippen molar-refractivity contribution < 1.29 is 8.42 Å². The average Bonchev–Trinajstić information content (AvgIpc) is 2.78.